The van der Waals surface area contributed by atoms with Crippen LogP contribution in [0.2, 0.25) is 0 Å². The number of hydrogen-bond donors (Lipinski definition) is 3. The van der Waals surface area contributed by atoms with Gasteiger partial charge in [-0.15, -0.1) is 0 Å². The first-order chi connectivity index (χ1) is 7.68. The fraction of sp³-hybridized carbons (Fsp3) is 0.556. The van der Waals surface area contributed by atoms with Crippen molar-refractivity contribution in [2.75, 3.05) is 30.8 Å². The van der Waals surface area contributed by atoms with Gasteiger partial charge in [0.25, 0.3) is 5.91 Å². The van der Waals surface area contributed by atoms with Gasteiger partial charge < -0.3 is 21.5 Å². The van der Waals surface area contributed by atoms with Gasteiger partial charge in [-0.1, -0.05) is 0 Å². The molecule has 5 N–H and O–H groups in total. The molecule has 1 aliphatic rings. The minimum atomic E-state index is -0.545. The van der Waals surface area contributed by atoms with Crippen molar-refractivity contribution in [3.63, 3.8) is 0 Å². The molecule has 1 fully saturated rings. The van der Waals surface area contributed by atoms with Crippen molar-refractivity contribution in [1.82, 2.24) is 4.37 Å². The van der Waals surface area contributed by atoms with Gasteiger partial charge >= 0.3 is 0 Å². The molecule has 0 saturated carbocycles. The standard InChI is InChI=1S/C9H14N4O2S/c10-7-6(8(11)14)9(16-13-7)12-3-5-1-2-15-4-5/h5,12H,1-4H2,(H2,10,13)(H2,11,14). The number of carbonyl (C=O) groups excluding carboxylic acids is 1. The van der Waals surface area contributed by atoms with E-state index in [-0.39, 0.29) is 5.82 Å². The zero-order valence-electron chi connectivity index (χ0n) is 8.73. The average Bonchev–Trinajstić information content (AvgIpc) is 2.83. The number of aromatic nitrogens is 1. The molecule has 2 rings (SSSR count). The van der Waals surface area contributed by atoms with Crippen LogP contribution in [0.1, 0.15) is 16.8 Å². The van der Waals surface area contributed by atoms with Crippen molar-refractivity contribution < 1.29 is 9.53 Å². The Bertz CT molecular complexity index is 387. The van der Waals surface area contributed by atoms with E-state index in [9.17, 15) is 4.79 Å². The first kappa shape index (κ1) is 11.2. The lowest BCUT2D eigenvalue weighted by Crippen LogP contribution is -2.18. The number of nitrogens with one attached hydrogen (secondary N) is 1. The molecule has 1 aromatic heterocycles. The van der Waals surface area contributed by atoms with Crippen molar-refractivity contribution in [2.24, 2.45) is 11.7 Å². The van der Waals surface area contributed by atoms with Crippen LogP contribution in [0.5, 0.6) is 0 Å². The van der Waals surface area contributed by atoms with Crippen LogP contribution >= 0.6 is 11.5 Å². The number of nitrogens with two attached hydrogens (primary N) is 2. The Labute approximate surface area is 97.1 Å². The summed E-state index contributed by atoms with van der Waals surface area (Å²) in [7, 11) is 0. The van der Waals surface area contributed by atoms with Crippen LogP contribution < -0.4 is 16.8 Å². The molecule has 0 aliphatic carbocycles. The first-order valence-corrected chi connectivity index (χ1v) is 5.82. The highest BCUT2D eigenvalue weighted by Crippen LogP contribution is 2.26. The molecular weight excluding hydrogens is 228 g/mol. The van der Waals surface area contributed by atoms with Crippen LogP contribution in [0, 0.1) is 5.92 Å². The second kappa shape index (κ2) is 4.67. The molecular formula is C9H14N4O2S. The van der Waals surface area contributed by atoms with E-state index in [1.165, 1.54) is 0 Å². The third-order valence-electron chi connectivity index (χ3n) is 2.54. The quantitative estimate of drug-likeness (QED) is 0.703. The SMILES string of the molecule is NC(=O)c1c(N)nsc1NCC1CCOC1. The van der Waals surface area contributed by atoms with Crippen LogP contribution in [-0.4, -0.2) is 30.0 Å². The minimum absolute atomic E-state index is 0.197. The molecule has 0 spiro atoms. The molecule has 1 saturated heterocycles. The maximum Gasteiger partial charge on any atom is 0.255 e. The lowest BCUT2D eigenvalue weighted by Gasteiger charge is -2.09. The molecule has 88 valence electrons. The predicted octanol–water partition coefficient (Wildman–Crippen LogP) is 0.273. The highest BCUT2D eigenvalue weighted by molar-refractivity contribution is 7.11. The van der Waals surface area contributed by atoms with Gasteiger partial charge in [0.2, 0.25) is 0 Å². The van der Waals surface area contributed by atoms with Gasteiger partial charge in [0.05, 0.1) is 6.61 Å². The van der Waals surface area contributed by atoms with Gasteiger partial charge in [-0.3, -0.25) is 4.79 Å². The van der Waals surface area contributed by atoms with E-state index in [0.29, 0.717) is 16.5 Å². The average molecular weight is 242 g/mol. The van der Waals surface area contributed by atoms with Crippen LogP contribution in [0.4, 0.5) is 10.8 Å². The van der Waals surface area contributed by atoms with E-state index in [1.807, 2.05) is 0 Å². The Morgan fingerprint density at radius 2 is 2.50 bits per heavy atom. The fourth-order valence-electron chi connectivity index (χ4n) is 1.64. The molecule has 7 heteroatoms. The summed E-state index contributed by atoms with van der Waals surface area (Å²) in [5.41, 5.74) is 11.1. The topological polar surface area (TPSA) is 103 Å². The van der Waals surface area contributed by atoms with Crippen LogP contribution in [0.3, 0.4) is 0 Å². The summed E-state index contributed by atoms with van der Waals surface area (Å²) in [5.74, 6) is 0.128. The summed E-state index contributed by atoms with van der Waals surface area (Å²) >= 11 is 1.16. The zero-order valence-corrected chi connectivity index (χ0v) is 9.55. The number of amides is 1. The zero-order chi connectivity index (χ0) is 11.5. The van der Waals surface area contributed by atoms with E-state index < -0.39 is 5.91 Å². The number of carbonyl (C=O) groups is 1. The summed E-state index contributed by atoms with van der Waals surface area (Å²) in [4.78, 5) is 11.1. The van der Waals surface area contributed by atoms with Gasteiger partial charge in [-0.05, 0) is 18.0 Å². The summed E-state index contributed by atoms with van der Waals surface area (Å²) in [6.45, 7) is 2.31. The van der Waals surface area contributed by atoms with E-state index in [2.05, 4.69) is 9.69 Å². The van der Waals surface area contributed by atoms with Crippen LogP contribution in [0.25, 0.3) is 0 Å². The summed E-state index contributed by atoms with van der Waals surface area (Å²) in [5, 5.41) is 3.80. The van der Waals surface area contributed by atoms with Crippen molar-refractivity contribution in [3.8, 4) is 0 Å². The van der Waals surface area contributed by atoms with Crippen LogP contribution in [-0.2, 0) is 4.74 Å². The minimum Gasteiger partial charge on any atom is -0.382 e. The summed E-state index contributed by atoms with van der Waals surface area (Å²) in [6, 6.07) is 0. The summed E-state index contributed by atoms with van der Waals surface area (Å²) in [6.07, 6.45) is 1.03. The lowest BCUT2D eigenvalue weighted by atomic mass is 10.1. The summed E-state index contributed by atoms with van der Waals surface area (Å²) < 4.78 is 9.17. The first-order valence-electron chi connectivity index (χ1n) is 5.05. The number of nitrogen functional groups attached to an aromatic ring is 1. The second-order valence-electron chi connectivity index (χ2n) is 3.75. The Balaban J connectivity index is 2.00. The maximum absolute atomic E-state index is 11.1. The number of primary amides is 1. The normalized spacial score (nSPS) is 19.9. The van der Waals surface area contributed by atoms with Crippen molar-refractivity contribution in [1.29, 1.82) is 0 Å². The Kier molecular flexibility index (Phi) is 3.25. The second-order valence-corrected chi connectivity index (χ2v) is 4.52. The number of hydrogen-bond acceptors (Lipinski definition) is 6. The van der Waals surface area contributed by atoms with Crippen LogP contribution in [0.15, 0.2) is 0 Å². The molecule has 1 aliphatic heterocycles. The molecule has 1 aromatic rings. The Hall–Kier alpha value is -1.34. The third-order valence-corrected chi connectivity index (χ3v) is 3.36. The fourth-order valence-corrected chi connectivity index (χ4v) is 2.37. The molecule has 1 unspecified atom stereocenters. The predicted molar refractivity (Wildman–Crippen MR) is 62.5 cm³/mol. The molecule has 0 bridgehead atoms. The van der Waals surface area contributed by atoms with Gasteiger partial charge in [0, 0.05) is 19.1 Å². The van der Waals surface area contributed by atoms with Crippen molar-refractivity contribution in [3.05, 3.63) is 5.56 Å². The molecule has 6 nitrogen and oxygen atoms in total. The van der Waals surface area contributed by atoms with Crippen molar-refractivity contribution >= 4 is 28.3 Å². The van der Waals surface area contributed by atoms with E-state index >= 15 is 0 Å². The monoisotopic (exact) mass is 242 g/mol. The van der Waals surface area contributed by atoms with Gasteiger partial charge in [0.15, 0.2) is 5.82 Å². The van der Waals surface area contributed by atoms with E-state index in [1.54, 1.807) is 0 Å². The highest BCUT2D eigenvalue weighted by atomic mass is 32.1. The number of anilines is 2. The van der Waals surface area contributed by atoms with E-state index in [0.717, 1.165) is 37.7 Å². The smallest absolute Gasteiger partial charge is 0.255 e. The largest absolute Gasteiger partial charge is 0.382 e. The van der Waals surface area contributed by atoms with Gasteiger partial charge in [-0.25, -0.2) is 0 Å². The Morgan fingerprint density at radius 3 is 3.12 bits per heavy atom. The number of rotatable bonds is 4. The van der Waals surface area contributed by atoms with Gasteiger partial charge in [-0.2, -0.15) is 4.37 Å². The third kappa shape index (κ3) is 2.25. The molecule has 0 radical (unpaired) electrons. The molecule has 0 aromatic carbocycles. The molecule has 2 heterocycles. The number of nitrogens with zero attached hydrogens (tertiary/aromatic N) is 1. The number of ether oxygens (including phenoxy) is 1. The molecule has 16 heavy (non-hydrogen) atoms. The van der Waals surface area contributed by atoms with Crippen molar-refractivity contribution in [2.45, 2.75) is 6.42 Å². The van der Waals surface area contributed by atoms with Gasteiger partial charge in [0.1, 0.15) is 10.6 Å². The van der Waals surface area contributed by atoms with E-state index in [4.69, 9.17) is 16.2 Å². The lowest BCUT2D eigenvalue weighted by molar-refractivity contribution is 0.100. The maximum atomic E-state index is 11.1. The highest BCUT2D eigenvalue weighted by Gasteiger charge is 2.19. The molecule has 1 atom stereocenters. The molecule has 1 amide bonds. The Morgan fingerprint density at radius 1 is 1.69 bits per heavy atom.